The molecule has 0 spiro atoms. The highest BCUT2D eigenvalue weighted by Gasteiger charge is 2.34. The number of benzene rings is 8. The van der Waals surface area contributed by atoms with Gasteiger partial charge < -0.3 is 17.7 Å². The Morgan fingerprint density at radius 3 is 0.888 bits per heavy atom. The van der Waals surface area contributed by atoms with Crippen LogP contribution in [-0.2, 0) is 6.18 Å². The number of carbonyl (C=O) groups excluding carboxylic acids is 4. The van der Waals surface area contributed by atoms with E-state index in [2.05, 4.69) is 62.1 Å². The summed E-state index contributed by atoms with van der Waals surface area (Å²) in [5.74, 6) is -3.20. The van der Waals surface area contributed by atoms with Crippen LogP contribution in [0.15, 0.2) is 231 Å². The number of hydrogen-bond donors (Lipinski definition) is 4. The summed E-state index contributed by atoms with van der Waals surface area (Å²) in [7, 11) is 0. The molecule has 12 aromatic rings. The molecule has 0 aliphatic heterocycles. The number of nitrogens with one attached hydrogen (secondary N) is 4. The third-order valence-corrected chi connectivity index (χ3v) is 16.0. The molecule has 107 heavy (non-hydrogen) atoms. The Morgan fingerprint density at radius 2 is 0.589 bits per heavy atom. The minimum atomic E-state index is -4.56. The van der Waals surface area contributed by atoms with Crippen LogP contribution in [0.2, 0.25) is 10.0 Å². The highest BCUT2D eigenvalue weighted by Crippen LogP contribution is 2.41. The lowest BCUT2D eigenvalue weighted by Gasteiger charge is -2.07. The predicted molar refractivity (Wildman–Crippen MR) is 359 cm³/mol. The van der Waals surface area contributed by atoms with Crippen LogP contribution in [0, 0.1) is 5.82 Å². The van der Waals surface area contributed by atoms with Gasteiger partial charge in [0.1, 0.15) is 5.82 Å². The van der Waals surface area contributed by atoms with Crippen LogP contribution in [0.5, 0.6) is 0 Å². The second kappa shape index (κ2) is 35.0. The Balaban J connectivity index is 0.000000165. The molecular weight excluding hydrogens is 1580 g/mol. The Labute approximate surface area is 615 Å². The monoisotopic (exact) mass is 1610 g/mol. The van der Waals surface area contributed by atoms with Gasteiger partial charge in [-0.3, -0.25) is 40.4 Å². The molecule has 0 bridgehead atoms. The van der Waals surface area contributed by atoms with Crippen molar-refractivity contribution in [2.45, 2.75) is 47.8 Å². The minimum Gasteiger partial charge on any atom is -0.403 e. The normalized spacial score (nSPS) is 11.6. The maximum Gasteiger partial charge on any atom is 0.446 e. The molecule has 0 atom stereocenters. The first-order chi connectivity index (χ1) is 50.4. The average molecular weight is 1620 g/mol. The minimum absolute atomic E-state index is 0.000724. The molecule has 554 valence electrons. The number of aromatic nitrogens is 8. The van der Waals surface area contributed by atoms with E-state index in [-0.39, 0.29) is 136 Å². The zero-order chi connectivity index (χ0) is 77.4. The van der Waals surface area contributed by atoms with E-state index in [4.69, 9.17) is 40.9 Å². The molecule has 0 fully saturated rings. The fourth-order valence-electron chi connectivity index (χ4n) is 8.21. The van der Waals surface area contributed by atoms with Gasteiger partial charge in [0.2, 0.25) is 23.6 Å². The van der Waals surface area contributed by atoms with Gasteiger partial charge in [-0.2, -0.15) is 65.9 Å². The maximum absolute atomic E-state index is 12.9. The van der Waals surface area contributed by atoms with Crippen molar-refractivity contribution in [1.82, 2.24) is 40.8 Å². The molecule has 0 unspecified atom stereocenters. The smallest absolute Gasteiger partial charge is 0.403 e. The number of thioether (sulfide) groups is 4. The van der Waals surface area contributed by atoms with Crippen molar-refractivity contribution < 1.29 is 107 Å². The summed E-state index contributed by atoms with van der Waals surface area (Å²) < 4.78 is 221. The third kappa shape index (κ3) is 25.7. The van der Waals surface area contributed by atoms with Crippen LogP contribution in [0.3, 0.4) is 0 Å². The van der Waals surface area contributed by atoms with E-state index in [1.165, 1.54) is 103 Å². The Morgan fingerprint density at radius 1 is 0.308 bits per heavy atom. The van der Waals surface area contributed by atoms with E-state index in [1.807, 2.05) is 0 Å². The number of amides is 4. The van der Waals surface area contributed by atoms with E-state index < -0.39 is 69.2 Å². The quantitative estimate of drug-likeness (QED) is 0.0517. The fraction of sp³-hybridized carbons (Fsp3) is 0.0769. The molecule has 8 aromatic carbocycles. The predicted octanol–water partition coefficient (Wildman–Crippen LogP) is 20.9. The summed E-state index contributed by atoms with van der Waals surface area (Å²) in [4.78, 5) is 48.2. The SMILES string of the molecule is O=C(Nc1nnc(-c2ccc(Cl)cc2)o1)c1cccc(SC(F)(F)F)c1.O=C(Nc1nnc(-c2ccc(F)cc2)o1)c1cccc(SC(F)(F)F)c1.O=C(Nc1nnc(-c2cccc(C(F)(F)F)c2)o1)c1cccc(SC(F)(F)F)c1.O=C(Nc1nnc(-c2cccc(Cl)c2)o1)c1cccc(SC(F)(F)F)c1. The molecule has 0 radical (unpaired) electrons. The topological polar surface area (TPSA) is 272 Å². The summed E-state index contributed by atoms with van der Waals surface area (Å²) in [6.45, 7) is 0. The van der Waals surface area contributed by atoms with Crippen LogP contribution in [0.25, 0.3) is 45.8 Å². The number of alkyl halides is 15. The summed E-state index contributed by atoms with van der Waals surface area (Å²) in [5, 5.41) is 39.7. The van der Waals surface area contributed by atoms with Gasteiger partial charge in [0, 0.05) is 74.1 Å². The second-order valence-corrected chi connectivity index (χ2v) is 25.8. The number of rotatable bonds is 16. The lowest BCUT2D eigenvalue weighted by Crippen LogP contribution is -2.12. The number of halogens is 18. The molecule has 20 nitrogen and oxygen atoms in total. The Bertz CT molecular complexity index is 4930. The van der Waals surface area contributed by atoms with Gasteiger partial charge in [0.05, 0.1) is 5.56 Å². The largest absolute Gasteiger partial charge is 0.446 e. The summed E-state index contributed by atoms with van der Waals surface area (Å²) in [6.07, 6.45) is -4.56. The number of anilines is 4. The molecule has 4 N–H and O–H groups in total. The summed E-state index contributed by atoms with van der Waals surface area (Å²) >= 11 is 10.4. The zero-order valence-electron chi connectivity index (χ0n) is 52.3. The van der Waals surface area contributed by atoms with Gasteiger partial charge in [-0.1, -0.05) is 80.0 Å². The molecule has 0 saturated carbocycles. The highest BCUT2D eigenvalue weighted by atomic mass is 35.5. The van der Waals surface area contributed by atoms with Crippen molar-refractivity contribution in [3.05, 3.63) is 238 Å². The van der Waals surface area contributed by atoms with Gasteiger partial charge in [-0.05, 0) is 205 Å². The Kier molecular flexibility index (Phi) is 26.2. The van der Waals surface area contributed by atoms with E-state index >= 15 is 0 Å². The molecule has 12 rings (SSSR count). The first kappa shape index (κ1) is 80.2. The van der Waals surface area contributed by atoms with E-state index in [1.54, 1.807) is 48.5 Å². The lowest BCUT2D eigenvalue weighted by molar-refractivity contribution is -0.137. The number of nitrogens with zero attached hydrogens (tertiary/aromatic N) is 8. The van der Waals surface area contributed by atoms with Gasteiger partial charge in [0.25, 0.3) is 23.6 Å². The van der Waals surface area contributed by atoms with Crippen molar-refractivity contribution >= 4 is 118 Å². The van der Waals surface area contributed by atoms with Crippen molar-refractivity contribution in [3.8, 4) is 45.8 Å². The lowest BCUT2D eigenvalue weighted by atomic mass is 10.1. The van der Waals surface area contributed by atoms with E-state index in [0.29, 0.717) is 26.7 Å². The molecular formula is C65H36Cl2F16N12O8S4. The zero-order valence-corrected chi connectivity index (χ0v) is 57.0. The summed E-state index contributed by atoms with van der Waals surface area (Å²) in [5.41, 5.74) is -17.2. The van der Waals surface area contributed by atoms with Crippen LogP contribution < -0.4 is 21.3 Å². The molecule has 42 heteroatoms. The maximum atomic E-state index is 12.9. The van der Waals surface area contributed by atoms with Crippen LogP contribution >= 0.6 is 70.2 Å². The standard InChI is InChI=1S/C17H9F6N3O2S.2C16H9ClF3N3O2S.C16H9F4N3O2S/c18-16(19,20)11-5-1-4-10(7-11)14-25-26-15(28-14)24-13(27)9-3-2-6-12(8-9)29-17(21,22)23;17-11-5-1-4-10(7-11)14-22-23-15(25-14)21-13(24)9-3-2-6-12(8-9)26-16(18,19)20;2*17-11-6-4-9(5-7-11)14-22-23-15(25-14)21-13(24)10-2-1-3-12(8-10)26-16(18,19)20/h1-8H,(H,24,26,27);3*1-8H,(H,21,23,24). The fourth-order valence-corrected chi connectivity index (χ4v) is 10.9. The first-order valence-corrected chi connectivity index (χ1v) is 32.9. The molecule has 4 heterocycles. The van der Waals surface area contributed by atoms with Gasteiger partial charge in [-0.25, -0.2) is 4.39 Å². The van der Waals surface area contributed by atoms with Gasteiger partial charge >= 0.3 is 52.3 Å². The number of carbonyl (C=O) groups is 4. The van der Waals surface area contributed by atoms with Crippen LogP contribution in [-0.4, -0.2) is 86.5 Å². The molecule has 4 amide bonds. The molecule has 0 aliphatic carbocycles. The van der Waals surface area contributed by atoms with Crippen molar-refractivity contribution in [1.29, 1.82) is 0 Å². The third-order valence-electron chi connectivity index (χ3n) is 12.6. The second-order valence-electron chi connectivity index (χ2n) is 20.4. The Hall–Kier alpha value is -10.9. The van der Waals surface area contributed by atoms with E-state index in [0.717, 1.165) is 42.5 Å². The van der Waals surface area contributed by atoms with Crippen LogP contribution in [0.1, 0.15) is 47.0 Å². The van der Waals surface area contributed by atoms with Gasteiger partial charge in [-0.15, -0.1) is 20.4 Å². The highest BCUT2D eigenvalue weighted by molar-refractivity contribution is 8.00. The molecule has 0 saturated heterocycles. The number of hydrogen-bond acceptors (Lipinski definition) is 20. The molecule has 4 aromatic heterocycles. The molecule has 0 aliphatic rings. The van der Waals surface area contributed by atoms with Crippen molar-refractivity contribution in [2.75, 3.05) is 21.3 Å². The first-order valence-electron chi connectivity index (χ1n) is 28.9. The van der Waals surface area contributed by atoms with Crippen molar-refractivity contribution in [2.24, 2.45) is 0 Å². The van der Waals surface area contributed by atoms with E-state index in [9.17, 15) is 89.4 Å². The summed E-state index contributed by atoms with van der Waals surface area (Å²) in [6, 6.07) is 41.7. The average Bonchev–Trinajstić information content (AvgIpc) is 1.77. The van der Waals surface area contributed by atoms with Crippen LogP contribution in [0.4, 0.5) is 94.3 Å². The van der Waals surface area contributed by atoms with Crippen molar-refractivity contribution in [3.63, 3.8) is 0 Å². The van der Waals surface area contributed by atoms with Gasteiger partial charge in [0.15, 0.2) is 0 Å².